The van der Waals surface area contributed by atoms with Crippen LogP contribution >= 0.6 is 0 Å². The molecule has 1 amide bonds. The molecule has 3 rings (SSSR count). The molecule has 0 aliphatic carbocycles. The molecule has 1 heterocycles. The number of hydrogen-bond donors (Lipinski definition) is 2. The van der Waals surface area contributed by atoms with Crippen molar-refractivity contribution in [2.45, 2.75) is 0 Å². The highest BCUT2D eigenvalue weighted by molar-refractivity contribution is 5.95. The predicted molar refractivity (Wildman–Crippen MR) is 88.9 cm³/mol. The summed E-state index contributed by atoms with van der Waals surface area (Å²) in [5.74, 6) is -0.138. The van der Waals surface area contributed by atoms with Gasteiger partial charge in [0, 0.05) is 23.6 Å². The van der Waals surface area contributed by atoms with Crippen LogP contribution in [0.25, 0.3) is 5.69 Å². The molecule has 5 nitrogen and oxygen atoms in total. The van der Waals surface area contributed by atoms with Gasteiger partial charge in [-0.25, -0.2) is 5.43 Å². The van der Waals surface area contributed by atoms with Crippen molar-refractivity contribution in [3.8, 4) is 11.4 Å². The molecular formula is C18H15N3O2. The molecule has 0 aliphatic heterocycles. The molecule has 1 aromatic heterocycles. The highest BCUT2D eigenvalue weighted by Crippen LogP contribution is 2.10. The molecule has 0 atom stereocenters. The van der Waals surface area contributed by atoms with E-state index in [1.807, 2.05) is 41.2 Å². The average molecular weight is 305 g/mol. The number of carbonyl (C=O) groups is 1. The van der Waals surface area contributed by atoms with Crippen molar-refractivity contribution in [2.24, 2.45) is 5.10 Å². The van der Waals surface area contributed by atoms with Crippen LogP contribution in [0.3, 0.4) is 0 Å². The molecule has 0 aliphatic rings. The van der Waals surface area contributed by atoms with Gasteiger partial charge in [-0.3, -0.25) is 4.79 Å². The molecule has 0 bridgehead atoms. The van der Waals surface area contributed by atoms with E-state index in [0.717, 1.165) is 5.69 Å². The smallest absolute Gasteiger partial charge is 0.271 e. The number of phenols is 1. The SMILES string of the molecule is O=C(NN=Cc1cccc(O)c1)c1ccc(-n2cccc2)cc1. The van der Waals surface area contributed by atoms with Gasteiger partial charge in [-0.1, -0.05) is 12.1 Å². The van der Waals surface area contributed by atoms with E-state index in [2.05, 4.69) is 10.5 Å². The third-order valence-corrected chi connectivity index (χ3v) is 3.28. The van der Waals surface area contributed by atoms with Gasteiger partial charge < -0.3 is 9.67 Å². The Morgan fingerprint density at radius 1 is 1.04 bits per heavy atom. The summed E-state index contributed by atoms with van der Waals surface area (Å²) >= 11 is 0. The predicted octanol–water partition coefficient (Wildman–Crippen LogP) is 2.95. The van der Waals surface area contributed by atoms with Crippen molar-refractivity contribution in [3.05, 3.63) is 84.2 Å². The minimum absolute atomic E-state index is 0.154. The molecule has 0 saturated heterocycles. The quantitative estimate of drug-likeness (QED) is 0.575. The van der Waals surface area contributed by atoms with Crippen LogP contribution in [0.4, 0.5) is 0 Å². The first-order valence-electron chi connectivity index (χ1n) is 7.08. The van der Waals surface area contributed by atoms with Gasteiger partial charge in [0.15, 0.2) is 0 Å². The fraction of sp³-hybridized carbons (Fsp3) is 0. The van der Waals surface area contributed by atoms with Gasteiger partial charge in [-0.15, -0.1) is 0 Å². The summed E-state index contributed by atoms with van der Waals surface area (Å²) in [6.45, 7) is 0. The van der Waals surface area contributed by atoms with Crippen LogP contribution < -0.4 is 5.43 Å². The fourth-order valence-electron chi connectivity index (χ4n) is 2.13. The zero-order chi connectivity index (χ0) is 16.1. The van der Waals surface area contributed by atoms with Crippen molar-refractivity contribution >= 4 is 12.1 Å². The van der Waals surface area contributed by atoms with Gasteiger partial charge in [0.2, 0.25) is 0 Å². The molecule has 0 unspecified atom stereocenters. The van der Waals surface area contributed by atoms with Crippen molar-refractivity contribution < 1.29 is 9.90 Å². The van der Waals surface area contributed by atoms with Crippen LogP contribution in [0.15, 0.2) is 78.2 Å². The first kappa shape index (κ1) is 14.6. The van der Waals surface area contributed by atoms with Gasteiger partial charge in [-0.05, 0) is 54.1 Å². The molecule has 0 saturated carbocycles. The molecule has 2 N–H and O–H groups in total. The molecule has 3 aromatic rings. The van der Waals surface area contributed by atoms with E-state index < -0.39 is 0 Å². The first-order valence-corrected chi connectivity index (χ1v) is 7.08. The fourth-order valence-corrected chi connectivity index (χ4v) is 2.13. The lowest BCUT2D eigenvalue weighted by atomic mass is 10.2. The Bertz CT molecular complexity index is 822. The Balaban J connectivity index is 1.64. The van der Waals surface area contributed by atoms with Crippen molar-refractivity contribution in [1.29, 1.82) is 0 Å². The number of nitrogens with one attached hydrogen (secondary N) is 1. The zero-order valence-electron chi connectivity index (χ0n) is 12.3. The molecule has 2 aromatic carbocycles. The first-order chi connectivity index (χ1) is 11.2. The number of phenolic OH excluding ortho intramolecular Hbond substituents is 1. The molecular weight excluding hydrogens is 290 g/mol. The monoisotopic (exact) mass is 305 g/mol. The topological polar surface area (TPSA) is 66.6 Å². The maximum atomic E-state index is 12.0. The van der Waals surface area contributed by atoms with Gasteiger partial charge in [-0.2, -0.15) is 5.10 Å². The summed E-state index contributed by atoms with van der Waals surface area (Å²) in [7, 11) is 0. The van der Waals surface area contributed by atoms with Crippen LogP contribution in [0.1, 0.15) is 15.9 Å². The second kappa shape index (κ2) is 6.62. The van der Waals surface area contributed by atoms with Gasteiger partial charge in [0.25, 0.3) is 5.91 Å². The molecule has 5 heteroatoms. The lowest BCUT2D eigenvalue weighted by Gasteiger charge is -2.04. The van der Waals surface area contributed by atoms with Gasteiger partial charge in [0.05, 0.1) is 6.21 Å². The Kier molecular flexibility index (Phi) is 4.20. The minimum atomic E-state index is -0.291. The third kappa shape index (κ3) is 3.65. The highest BCUT2D eigenvalue weighted by atomic mass is 16.3. The van der Waals surface area contributed by atoms with Crippen LogP contribution in [0.5, 0.6) is 5.75 Å². The van der Waals surface area contributed by atoms with Crippen LogP contribution in [0.2, 0.25) is 0 Å². The normalized spacial score (nSPS) is 10.8. The molecule has 114 valence electrons. The number of amides is 1. The largest absolute Gasteiger partial charge is 0.508 e. The lowest BCUT2D eigenvalue weighted by molar-refractivity contribution is 0.0955. The molecule has 23 heavy (non-hydrogen) atoms. The maximum Gasteiger partial charge on any atom is 0.271 e. The van der Waals surface area contributed by atoms with Crippen LogP contribution in [-0.2, 0) is 0 Å². The molecule has 0 spiro atoms. The third-order valence-electron chi connectivity index (χ3n) is 3.28. The number of aromatic nitrogens is 1. The van der Waals surface area contributed by atoms with Crippen LogP contribution in [-0.4, -0.2) is 21.8 Å². The molecule has 0 radical (unpaired) electrons. The number of carbonyl (C=O) groups excluding carboxylic acids is 1. The van der Waals surface area contributed by atoms with Crippen molar-refractivity contribution in [2.75, 3.05) is 0 Å². The maximum absolute atomic E-state index is 12.0. The second-order valence-electron chi connectivity index (χ2n) is 4.93. The van der Waals surface area contributed by atoms with E-state index in [1.54, 1.807) is 36.4 Å². The van der Waals surface area contributed by atoms with E-state index in [1.165, 1.54) is 6.21 Å². The summed E-state index contributed by atoms with van der Waals surface area (Å²) in [4.78, 5) is 12.0. The highest BCUT2D eigenvalue weighted by Gasteiger charge is 2.04. The number of hydrazone groups is 1. The second-order valence-corrected chi connectivity index (χ2v) is 4.93. The summed E-state index contributed by atoms with van der Waals surface area (Å²) in [6.07, 6.45) is 5.36. The number of rotatable bonds is 4. The number of hydrogen-bond acceptors (Lipinski definition) is 3. The zero-order valence-corrected chi connectivity index (χ0v) is 12.3. The van der Waals surface area contributed by atoms with Crippen molar-refractivity contribution in [3.63, 3.8) is 0 Å². The Hall–Kier alpha value is -3.34. The average Bonchev–Trinajstić information content (AvgIpc) is 3.09. The van der Waals surface area contributed by atoms with E-state index in [4.69, 9.17) is 0 Å². The van der Waals surface area contributed by atoms with Crippen LogP contribution in [0, 0.1) is 0 Å². The Morgan fingerprint density at radius 3 is 2.48 bits per heavy atom. The van der Waals surface area contributed by atoms with Gasteiger partial charge >= 0.3 is 0 Å². The van der Waals surface area contributed by atoms with Gasteiger partial charge in [0.1, 0.15) is 5.75 Å². The van der Waals surface area contributed by atoms with E-state index in [9.17, 15) is 9.90 Å². The number of benzene rings is 2. The lowest BCUT2D eigenvalue weighted by Crippen LogP contribution is -2.17. The Morgan fingerprint density at radius 2 is 1.78 bits per heavy atom. The van der Waals surface area contributed by atoms with E-state index in [-0.39, 0.29) is 11.7 Å². The summed E-state index contributed by atoms with van der Waals surface area (Å²) < 4.78 is 1.96. The standard InChI is InChI=1S/C18H15N3O2/c22-17-5-3-4-14(12-17)13-19-20-18(23)15-6-8-16(9-7-15)21-10-1-2-11-21/h1-13,22H,(H,20,23). The summed E-state index contributed by atoms with van der Waals surface area (Å²) in [6, 6.07) is 17.7. The number of aromatic hydroxyl groups is 1. The number of nitrogens with zero attached hydrogens (tertiary/aromatic N) is 2. The molecule has 0 fully saturated rings. The van der Waals surface area contributed by atoms with E-state index >= 15 is 0 Å². The summed E-state index contributed by atoms with van der Waals surface area (Å²) in [5, 5.41) is 13.2. The summed E-state index contributed by atoms with van der Waals surface area (Å²) in [5.41, 5.74) is 4.67. The Labute approximate surface area is 133 Å². The van der Waals surface area contributed by atoms with E-state index in [0.29, 0.717) is 11.1 Å². The van der Waals surface area contributed by atoms with Crippen molar-refractivity contribution in [1.82, 2.24) is 9.99 Å². The minimum Gasteiger partial charge on any atom is -0.508 e.